The summed E-state index contributed by atoms with van der Waals surface area (Å²) in [6.07, 6.45) is -3.62. The lowest BCUT2D eigenvalue weighted by atomic mass is 9.80. The number of benzene rings is 3. The molecule has 8 heteroatoms. The number of H-pyrrole nitrogens is 1. The van der Waals surface area contributed by atoms with Crippen molar-refractivity contribution in [3.8, 4) is 0 Å². The molecule has 4 atom stereocenters. The highest BCUT2D eigenvalue weighted by molar-refractivity contribution is 5.47. The molecule has 3 N–H and O–H groups in total. The average Bonchev–Trinajstić information content (AvgIpc) is 3.19. The van der Waals surface area contributed by atoms with Crippen molar-refractivity contribution in [1.82, 2.24) is 9.55 Å². The van der Waals surface area contributed by atoms with Crippen LogP contribution in [0.4, 0.5) is 0 Å². The Hall–Kier alpha value is -3.82. The maximum absolute atomic E-state index is 12.3. The number of nitrogens with one attached hydrogen (secondary N) is 1. The van der Waals surface area contributed by atoms with E-state index in [1.54, 1.807) is 0 Å². The Labute approximate surface area is 207 Å². The predicted octanol–water partition coefficient (Wildman–Crippen LogP) is 2.16. The van der Waals surface area contributed by atoms with E-state index in [2.05, 4.69) is 4.98 Å². The van der Waals surface area contributed by atoms with Gasteiger partial charge in [-0.3, -0.25) is 14.3 Å². The quantitative estimate of drug-likeness (QED) is 0.345. The number of ether oxygens (including phenoxy) is 2. The Bertz CT molecular complexity index is 1310. The van der Waals surface area contributed by atoms with Crippen molar-refractivity contribution in [2.75, 3.05) is 6.61 Å². The van der Waals surface area contributed by atoms with Gasteiger partial charge in [0.15, 0.2) is 6.23 Å². The normalized spacial score (nSPS) is 21.9. The van der Waals surface area contributed by atoms with Crippen LogP contribution >= 0.6 is 0 Å². The van der Waals surface area contributed by atoms with E-state index in [1.165, 1.54) is 6.20 Å². The third-order valence-electron chi connectivity index (χ3n) is 6.47. The van der Waals surface area contributed by atoms with Crippen molar-refractivity contribution in [1.29, 1.82) is 0 Å². The molecule has 0 amide bonds. The zero-order chi connectivity index (χ0) is 25.1. The van der Waals surface area contributed by atoms with Crippen molar-refractivity contribution < 1.29 is 19.7 Å². The first-order valence-electron chi connectivity index (χ1n) is 11.6. The fourth-order valence-corrected chi connectivity index (χ4v) is 4.70. The summed E-state index contributed by atoms with van der Waals surface area (Å²) < 4.78 is 13.6. The van der Waals surface area contributed by atoms with Crippen LogP contribution in [0.25, 0.3) is 0 Å². The summed E-state index contributed by atoms with van der Waals surface area (Å²) in [4.78, 5) is 25.8. The van der Waals surface area contributed by atoms with Crippen LogP contribution in [0.2, 0.25) is 0 Å². The molecule has 0 radical (unpaired) electrons. The van der Waals surface area contributed by atoms with E-state index in [9.17, 15) is 19.8 Å². The number of nitrogens with zero attached hydrogens (tertiary/aromatic N) is 1. The molecule has 0 bridgehead atoms. The summed E-state index contributed by atoms with van der Waals surface area (Å²) >= 11 is 0. The van der Waals surface area contributed by atoms with Crippen molar-refractivity contribution in [2.45, 2.75) is 30.1 Å². The van der Waals surface area contributed by atoms with E-state index in [-0.39, 0.29) is 6.61 Å². The second kappa shape index (κ2) is 10.0. The molecule has 1 aliphatic heterocycles. The van der Waals surface area contributed by atoms with Crippen LogP contribution in [0.3, 0.4) is 0 Å². The van der Waals surface area contributed by atoms with Crippen molar-refractivity contribution >= 4 is 0 Å². The number of aromatic amines is 1. The summed E-state index contributed by atoms with van der Waals surface area (Å²) in [5, 5.41) is 21.5. The minimum atomic E-state index is -1.40. The molecule has 2 heterocycles. The van der Waals surface area contributed by atoms with Gasteiger partial charge in [0.05, 0.1) is 6.61 Å². The molecular weight excluding hydrogens is 460 g/mol. The summed E-state index contributed by atoms with van der Waals surface area (Å²) in [6, 6.07) is 30.4. The summed E-state index contributed by atoms with van der Waals surface area (Å²) in [7, 11) is 0. The molecule has 4 aromatic rings. The molecule has 184 valence electrons. The van der Waals surface area contributed by atoms with E-state index in [0.29, 0.717) is 0 Å². The Balaban J connectivity index is 1.52. The molecule has 0 aliphatic carbocycles. The number of hydrogen-bond donors (Lipinski definition) is 3. The van der Waals surface area contributed by atoms with Crippen LogP contribution in [0, 0.1) is 0 Å². The van der Waals surface area contributed by atoms with Crippen LogP contribution < -0.4 is 11.2 Å². The zero-order valence-corrected chi connectivity index (χ0v) is 19.3. The molecule has 5 rings (SSSR count). The molecule has 8 nitrogen and oxygen atoms in total. The third kappa shape index (κ3) is 4.31. The topological polar surface area (TPSA) is 114 Å². The summed E-state index contributed by atoms with van der Waals surface area (Å²) in [6.45, 7) is -0.0918. The minimum Gasteiger partial charge on any atom is -0.387 e. The van der Waals surface area contributed by atoms with Gasteiger partial charge in [0.25, 0.3) is 5.56 Å². The fraction of sp³-hybridized carbons (Fsp3) is 0.214. The smallest absolute Gasteiger partial charge is 0.330 e. The van der Waals surface area contributed by atoms with Gasteiger partial charge in [-0.25, -0.2) is 4.79 Å². The first-order valence-corrected chi connectivity index (χ1v) is 11.6. The molecule has 0 spiro atoms. The van der Waals surface area contributed by atoms with Gasteiger partial charge in [0.2, 0.25) is 0 Å². The van der Waals surface area contributed by atoms with Crippen molar-refractivity contribution in [3.05, 3.63) is 141 Å². The van der Waals surface area contributed by atoms with E-state index in [1.807, 2.05) is 91.0 Å². The highest BCUT2D eigenvalue weighted by Crippen LogP contribution is 2.41. The van der Waals surface area contributed by atoms with Gasteiger partial charge in [-0.1, -0.05) is 91.0 Å². The predicted molar refractivity (Wildman–Crippen MR) is 132 cm³/mol. The van der Waals surface area contributed by atoms with Crippen molar-refractivity contribution in [3.63, 3.8) is 0 Å². The number of aliphatic hydroxyl groups excluding tert-OH is 2. The molecule has 1 aliphatic rings. The lowest BCUT2D eigenvalue weighted by molar-refractivity contribution is -0.0958. The molecule has 36 heavy (non-hydrogen) atoms. The molecule has 1 aromatic heterocycles. The molecular formula is C28H26N2O6. The Morgan fingerprint density at radius 3 is 1.75 bits per heavy atom. The highest BCUT2D eigenvalue weighted by Gasteiger charge is 2.46. The van der Waals surface area contributed by atoms with Crippen LogP contribution in [-0.2, 0) is 15.1 Å². The van der Waals surface area contributed by atoms with E-state index < -0.39 is 41.4 Å². The molecule has 1 fully saturated rings. The lowest BCUT2D eigenvalue weighted by Gasteiger charge is -2.37. The second-order valence-electron chi connectivity index (χ2n) is 8.65. The van der Waals surface area contributed by atoms with E-state index in [4.69, 9.17) is 9.47 Å². The van der Waals surface area contributed by atoms with Crippen LogP contribution in [0.15, 0.2) is 113 Å². The Morgan fingerprint density at radius 1 is 0.778 bits per heavy atom. The summed E-state index contributed by atoms with van der Waals surface area (Å²) in [5.41, 5.74) is 0.289. The largest absolute Gasteiger partial charge is 0.387 e. The second-order valence-corrected chi connectivity index (χ2v) is 8.65. The minimum absolute atomic E-state index is 0.0918. The van der Waals surface area contributed by atoms with Gasteiger partial charge in [-0.2, -0.15) is 0 Å². The highest BCUT2D eigenvalue weighted by atomic mass is 16.6. The van der Waals surface area contributed by atoms with E-state index in [0.717, 1.165) is 27.3 Å². The monoisotopic (exact) mass is 486 g/mol. The van der Waals surface area contributed by atoms with Crippen molar-refractivity contribution in [2.24, 2.45) is 0 Å². The number of hydrogen-bond acceptors (Lipinski definition) is 6. The summed E-state index contributed by atoms with van der Waals surface area (Å²) in [5.74, 6) is 0. The first kappa shape index (κ1) is 23.9. The SMILES string of the molecule is O=c1ccn([C@@H]2OC(COC(c3ccccc3)(c3ccccc3)c3ccccc3)[C@@H](O)[C@H]2O)c(=O)[nH]1. The van der Waals surface area contributed by atoms with Gasteiger partial charge in [-0.05, 0) is 16.7 Å². The molecule has 1 saturated heterocycles. The number of aromatic nitrogens is 2. The molecule has 0 saturated carbocycles. The third-order valence-corrected chi connectivity index (χ3v) is 6.47. The lowest BCUT2D eigenvalue weighted by Crippen LogP contribution is -2.40. The van der Waals surface area contributed by atoms with E-state index >= 15 is 0 Å². The van der Waals surface area contributed by atoms with Crippen LogP contribution in [0.5, 0.6) is 0 Å². The van der Waals surface area contributed by atoms with Gasteiger partial charge < -0.3 is 19.7 Å². The van der Waals surface area contributed by atoms with Gasteiger partial charge in [0, 0.05) is 12.3 Å². The molecule has 3 aromatic carbocycles. The maximum Gasteiger partial charge on any atom is 0.330 e. The zero-order valence-electron chi connectivity index (χ0n) is 19.3. The average molecular weight is 487 g/mol. The fourth-order valence-electron chi connectivity index (χ4n) is 4.70. The van der Waals surface area contributed by atoms with Gasteiger partial charge in [0.1, 0.15) is 23.9 Å². The van der Waals surface area contributed by atoms with Crippen LogP contribution in [0.1, 0.15) is 22.9 Å². The Morgan fingerprint density at radius 2 is 1.28 bits per heavy atom. The maximum atomic E-state index is 12.3. The van der Waals surface area contributed by atoms with Crippen LogP contribution in [-0.4, -0.2) is 44.7 Å². The standard InChI is InChI=1S/C28H26N2O6/c31-23-16-17-30(27(34)29-23)26-25(33)24(32)22(36-26)18-35-28(19-10-4-1-5-11-19,20-12-6-2-7-13-20)21-14-8-3-9-15-21/h1-17,22,24-26,32-33H,18H2,(H,29,31,34)/t22?,24-,25-,26-/m1/s1. The van der Waals surface area contributed by atoms with Gasteiger partial charge >= 0.3 is 5.69 Å². The number of aliphatic hydroxyl groups is 2. The molecule has 1 unspecified atom stereocenters. The first-order chi connectivity index (χ1) is 17.5. The number of rotatable bonds is 7. The van der Waals surface area contributed by atoms with Gasteiger partial charge in [-0.15, -0.1) is 0 Å². The Kier molecular flexibility index (Phi) is 6.67.